The van der Waals surface area contributed by atoms with Crippen LogP contribution in [0.2, 0.25) is 0 Å². The largest absolute Gasteiger partial charge is 0.451 e. The Hall–Kier alpha value is -2.67. The Labute approximate surface area is 125 Å². The van der Waals surface area contributed by atoms with Gasteiger partial charge in [0.2, 0.25) is 0 Å². The molecular weight excluding hydrogens is 282 g/mol. The summed E-state index contributed by atoms with van der Waals surface area (Å²) in [5, 5.41) is 10.2. The first-order chi connectivity index (χ1) is 10.6. The molecular formula is C15H15N5O2. The molecule has 22 heavy (non-hydrogen) atoms. The molecule has 4 aromatic rings. The number of hydrogen-bond acceptors (Lipinski definition) is 6. The second-order valence-corrected chi connectivity index (χ2v) is 5.48. The summed E-state index contributed by atoms with van der Waals surface area (Å²) >= 11 is 0. The number of rotatable bonds is 3. The summed E-state index contributed by atoms with van der Waals surface area (Å²) in [5.74, 6) is 1.50. The Bertz CT molecular complexity index is 963. The number of fused-ring (bicyclic) bond motifs is 3. The smallest absolute Gasteiger partial charge is 0.293 e. The Morgan fingerprint density at radius 2 is 2.23 bits per heavy atom. The van der Waals surface area contributed by atoms with Gasteiger partial charge < -0.3 is 14.7 Å². The Kier molecular flexibility index (Phi) is 2.77. The summed E-state index contributed by atoms with van der Waals surface area (Å²) in [5.41, 5.74) is 7.66. The summed E-state index contributed by atoms with van der Waals surface area (Å²) < 4.78 is 12.9. The van der Waals surface area contributed by atoms with Gasteiger partial charge in [-0.1, -0.05) is 5.16 Å². The van der Waals surface area contributed by atoms with Crippen molar-refractivity contribution < 1.29 is 8.94 Å². The zero-order valence-electron chi connectivity index (χ0n) is 12.3. The van der Waals surface area contributed by atoms with Gasteiger partial charge in [0.25, 0.3) is 5.89 Å². The van der Waals surface area contributed by atoms with Gasteiger partial charge in [0.1, 0.15) is 5.58 Å². The van der Waals surface area contributed by atoms with Gasteiger partial charge in [-0.3, -0.25) is 4.68 Å². The Balaban J connectivity index is 1.94. The van der Waals surface area contributed by atoms with Crippen molar-refractivity contribution in [2.45, 2.75) is 26.4 Å². The molecule has 1 aromatic carbocycles. The van der Waals surface area contributed by atoms with Crippen LogP contribution in [-0.2, 0) is 6.54 Å². The van der Waals surface area contributed by atoms with Crippen LogP contribution in [0.15, 0.2) is 33.3 Å². The van der Waals surface area contributed by atoms with Gasteiger partial charge in [-0.05, 0) is 32.0 Å². The van der Waals surface area contributed by atoms with E-state index in [4.69, 9.17) is 14.7 Å². The van der Waals surface area contributed by atoms with Crippen molar-refractivity contribution in [3.63, 3.8) is 0 Å². The molecule has 0 unspecified atom stereocenters. The average Bonchev–Trinajstić information content (AvgIpc) is 3.15. The summed E-state index contributed by atoms with van der Waals surface area (Å²) in [7, 11) is 0. The van der Waals surface area contributed by atoms with Crippen LogP contribution in [0.3, 0.4) is 0 Å². The van der Waals surface area contributed by atoms with Crippen molar-refractivity contribution in [2.24, 2.45) is 5.73 Å². The zero-order chi connectivity index (χ0) is 15.3. The fourth-order valence-corrected chi connectivity index (χ4v) is 2.61. The number of hydrogen-bond donors (Lipinski definition) is 1. The fourth-order valence-electron chi connectivity index (χ4n) is 2.61. The first-order valence-corrected chi connectivity index (χ1v) is 7.06. The van der Waals surface area contributed by atoms with E-state index in [0.717, 1.165) is 21.9 Å². The molecule has 0 radical (unpaired) electrons. The van der Waals surface area contributed by atoms with Crippen LogP contribution in [-0.4, -0.2) is 26.0 Å². The first kappa shape index (κ1) is 13.0. The maximum Gasteiger partial charge on any atom is 0.293 e. The predicted octanol–water partition coefficient (Wildman–Crippen LogP) is 2.49. The molecule has 0 bridgehead atoms. The van der Waals surface area contributed by atoms with Gasteiger partial charge >= 0.3 is 0 Å². The van der Waals surface area contributed by atoms with Crippen molar-refractivity contribution in [3.05, 3.63) is 30.2 Å². The number of benzene rings is 1. The third-order valence-electron chi connectivity index (χ3n) is 3.50. The number of nitrogens with two attached hydrogens (primary N) is 1. The lowest BCUT2D eigenvalue weighted by Gasteiger charge is -2.06. The minimum atomic E-state index is 0.0170. The van der Waals surface area contributed by atoms with Crippen LogP contribution in [0.4, 0.5) is 0 Å². The molecule has 1 atom stereocenters. The van der Waals surface area contributed by atoms with Gasteiger partial charge in [-0.15, -0.1) is 0 Å². The molecule has 0 fully saturated rings. The topological polar surface area (TPSA) is 95.9 Å². The van der Waals surface area contributed by atoms with Crippen LogP contribution in [0.5, 0.6) is 0 Å². The van der Waals surface area contributed by atoms with Crippen LogP contribution >= 0.6 is 0 Å². The molecule has 0 aliphatic heterocycles. The molecule has 2 N–H and O–H groups in total. The van der Waals surface area contributed by atoms with Gasteiger partial charge in [-0.2, -0.15) is 10.1 Å². The predicted molar refractivity (Wildman–Crippen MR) is 81.2 cm³/mol. The number of nitrogens with zero attached hydrogens (tertiary/aromatic N) is 4. The van der Waals surface area contributed by atoms with E-state index in [9.17, 15) is 0 Å². The number of furan rings is 1. The van der Waals surface area contributed by atoms with Crippen LogP contribution in [0.1, 0.15) is 12.7 Å². The van der Waals surface area contributed by atoms with Crippen molar-refractivity contribution >= 4 is 21.9 Å². The molecule has 112 valence electrons. The first-order valence-electron chi connectivity index (χ1n) is 7.06. The summed E-state index contributed by atoms with van der Waals surface area (Å²) in [6, 6.07) is 5.82. The molecule has 3 aromatic heterocycles. The van der Waals surface area contributed by atoms with E-state index in [-0.39, 0.29) is 6.04 Å². The van der Waals surface area contributed by atoms with Crippen LogP contribution in [0, 0.1) is 6.92 Å². The van der Waals surface area contributed by atoms with E-state index in [1.165, 1.54) is 0 Å². The fraction of sp³-hybridized carbons (Fsp3) is 0.267. The Morgan fingerprint density at radius 3 is 2.95 bits per heavy atom. The molecule has 0 saturated heterocycles. The second-order valence-electron chi connectivity index (χ2n) is 5.48. The molecule has 3 heterocycles. The van der Waals surface area contributed by atoms with E-state index in [1.54, 1.807) is 6.92 Å². The van der Waals surface area contributed by atoms with Crippen LogP contribution < -0.4 is 5.73 Å². The van der Waals surface area contributed by atoms with Crippen molar-refractivity contribution in [1.82, 2.24) is 19.9 Å². The molecule has 7 heteroatoms. The average molecular weight is 297 g/mol. The highest BCUT2D eigenvalue weighted by Crippen LogP contribution is 2.32. The lowest BCUT2D eigenvalue weighted by atomic mass is 10.2. The van der Waals surface area contributed by atoms with E-state index >= 15 is 0 Å². The third kappa shape index (κ3) is 1.98. The standard InChI is InChI=1S/C15H15N5O2/c1-8(16)7-20-14-10(6-17-20)3-4-12-11(14)5-13(21-12)15-18-9(2)19-22-15/h3-6,8H,7,16H2,1-2H3/t8-/m0/s1. The number of aryl methyl sites for hydroxylation is 1. The highest BCUT2D eigenvalue weighted by atomic mass is 16.5. The normalized spacial score (nSPS) is 13.2. The van der Waals surface area contributed by atoms with E-state index < -0.39 is 0 Å². The molecule has 7 nitrogen and oxygen atoms in total. The highest BCUT2D eigenvalue weighted by Gasteiger charge is 2.16. The number of aromatic nitrogens is 4. The lowest BCUT2D eigenvalue weighted by molar-refractivity contribution is 0.414. The van der Waals surface area contributed by atoms with Gasteiger partial charge in [0.05, 0.1) is 18.3 Å². The zero-order valence-corrected chi connectivity index (χ0v) is 12.3. The maximum absolute atomic E-state index is 5.90. The second kappa shape index (κ2) is 4.67. The van der Waals surface area contributed by atoms with E-state index in [1.807, 2.05) is 36.0 Å². The Morgan fingerprint density at radius 1 is 1.36 bits per heavy atom. The SMILES string of the molecule is Cc1noc(-c2cc3c(ccc4cnn(C[C@H](C)N)c43)o2)n1. The summed E-state index contributed by atoms with van der Waals surface area (Å²) in [6.45, 7) is 4.37. The maximum atomic E-state index is 5.90. The van der Waals surface area contributed by atoms with Gasteiger partial charge in [0, 0.05) is 16.8 Å². The molecule has 4 rings (SSSR count). The summed E-state index contributed by atoms with van der Waals surface area (Å²) in [6.07, 6.45) is 1.83. The minimum absolute atomic E-state index is 0.0170. The van der Waals surface area contributed by atoms with Gasteiger partial charge in [0.15, 0.2) is 11.6 Å². The van der Waals surface area contributed by atoms with Crippen molar-refractivity contribution in [1.29, 1.82) is 0 Å². The molecule has 0 amide bonds. The highest BCUT2D eigenvalue weighted by molar-refractivity contribution is 6.04. The molecule has 0 aliphatic rings. The van der Waals surface area contributed by atoms with Crippen molar-refractivity contribution in [3.8, 4) is 11.7 Å². The van der Waals surface area contributed by atoms with Gasteiger partial charge in [-0.25, -0.2) is 0 Å². The molecule has 0 spiro atoms. The monoisotopic (exact) mass is 297 g/mol. The van der Waals surface area contributed by atoms with E-state index in [0.29, 0.717) is 24.0 Å². The molecule has 0 aliphatic carbocycles. The lowest BCUT2D eigenvalue weighted by Crippen LogP contribution is -2.22. The minimum Gasteiger partial charge on any atom is -0.451 e. The third-order valence-corrected chi connectivity index (χ3v) is 3.50. The molecule has 0 saturated carbocycles. The van der Waals surface area contributed by atoms with Crippen LogP contribution in [0.25, 0.3) is 33.5 Å². The van der Waals surface area contributed by atoms with Crippen molar-refractivity contribution in [2.75, 3.05) is 0 Å². The summed E-state index contributed by atoms with van der Waals surface area (Å²) in [4.78, 5) is 4.20. The van der Waals surface area contributed by atoms with E-state index in [2.05, 4.69) is 15.2 Å². The quantitative estimate of drug-likeness (QED) is 0.624.